The molecule has 0 radical (unpaired) electrons. The number of benzene rings is 1. The van der Waals surface area contributed by atoms with Gasteiger partial charge < -0.3 is 9.88 Å². The molecule has 12 heteroatoms. The molecule has 1 aliphatic heterocycles. The number of nitrogens with one attached hydrogen (secondary N) is 3. The van der Waals surface area contributed by atoms with Crippen LogP contribution in [0.2, 0.25) is 5.02 Å². The SMILES string of the molecule is CN1NNC(Br)=C1C1(N=O)CC2CC(c3ncn(C)c3C(=O)Nc3ccc(F)c(Cl)c3)CC2C1. The molecule has 9 nitrogen and oxygen atoms in total. The van der Waals surface area contributed by atoms with Crippen molar-refractivity contribution >= 4 is 39.1 Å². The molecule has 2 atom stereocenters. The first-order valence-corrected chi connectivity index (χ1v) is 12.2. The maximum absolute atomic E-state index is 13.5. The Hall–Kier alpha value is -2.50. The van der Waals surface area contributed by atoms with Crippen LogP contribution in [0.3, 0.4) is 0 Å². The molecule has 5 rings (SSSR count). The number of anilines is 1. The molecule has 180 valence electrons. The highest BCUT2D eigenvalue weighted by atomic mass is 79.9. The molecular weight excluding hydrogens is 529 g/mol. The van der Waals surface area contributed by atoms with Gasteiger partial charge in [0, 0.05) is 25.7 Å². The molecule has 2 aliphatic carbocycles. The van der Waals surface area contributed by atoms with Gasteiger partial charge in [0.05, 0.1) is 22.7 Å². The van der Waals surface area contributed by atoms with Crippen molar-refractivity contribution in [2.45, 2.75) is 37.1 Å². The number of aryl methyl sites for hydroxylation is 1. The van der Waals surface area contributed by atoms with E-state index in [0.717, 1.165) is 28.8 Å². The fraction of sp³-hybridized carbons (Fsp3) is 0.455. The third kappa shape index (κ3) is 3.79. The van der Waals surface area contributed by atoms with Crippen molar-refractivity contribution in [1.29, 1.82) is 0 Å². The van der Waals surface area contributed by atoms with Gasteiger partial charge >= 0.3 is 0 Å². The number of carbonyl (C=O) groups excluding carboxylic acids is 1. The molecule has 2 unspecified atom stereocenters. The molecule has 0 bridgehead atoms. The van der Waals surface area contributed by atoms with Crippen LogP contribution in [0.1, 0.15) is 47.8 Å². The molecule has 2 heterocycles. The van der Waals surface area contributed by atoms with E-state index >= 15 is 0 Å². The Morgan fingerprint density at radius 3 is 2.62 bits per heavy atom. The summed E-state index contributed by atoms with van der Waals surface area (Å²) in [6.45, 7) is 0. The van der Waals surface area contributed by atoms with Crippen molar-refractivity contribution in [1.82, 2.24) is 25.5 Å². The number of hydrogen-bond donors (Lipinski definition) is 3. The molecule has 34 heavy (non-hydrogen) atoms. The van der Waals surface area contributed by atoms with Gasteiger partial charge in [0.1, 0.15) is 21.7 Å². The first kappa shape index (κ1) is 23.3. The van der Waals surface area contributed by atoms with Gasteiger partial charge in [0.15, 0.2) is 0 Å². The van der Waals surface area contributed by atoms with Crippen molar-refractivity contribution in [3.8, 4) is 0 Å². The Bertz CT molecular complexity index is 1190. The number of aromatic nitrogens is 2. The van der Waals surface area contributed by atoms with Crippen molar-refractivity contribution < 1.29 is 9.18 Å². The van der Waals surface area contributed by atoms with Crippen LogP contribution < -0.4 is 16.3 Å². The predicted octanol–water partition coefficient (Wildman–Crippen LogP) is 4.39. The number of nitrogens with zero attached hydrogens (tertiary/aromatic N) is 4. The third-order valence-corrected chi connectivity index (χ3v) is 8.14. The van der Waals surface area contributed by atoms with Crippen LogP contribution in [0.5, 0.6) is 0 Å². The number of carbonyl (C=O) groups is 1. The Morgan fingerprint density at radius 1 is 1.32 bits per heavy atom. The number of hydrazine groups is 2. The fourth-order valence-electron chi connectivity index (χ4n) is 5.90. The van der Waals surface area contributed by atoms with Crippen LogP contribution >= 0.6 is 27.5 Å². The first-order valence-electron chi connectivity index (χ1n) is 11.0. The van der Waals surface area contributed by atoms with Gasteiger partial charge in [0.2, 0.25) is 0 Å². The Morgan fingerprint density at radius 2 is 2.03 bits per heavy atom. The van der Waals surface area contributed by atoms with Gasteiger partial charge in [-0.3, -0.25) is 15.2 Å². The summed E-state index contributed by atoms with van der Waals surface area (Å²) in [7, 11) is 3.63. The monoisotopic (exact) mass is 551 g/mol. The van der Waals surface area contributed by atoms with Crippen LogP contribution in [0.15, 0.2) is 40.0 Å². The summed E-state index contributed by atoms with van der Waals surface area (Å²) in [6, 6.07) is 4.07. The van der Waals surface area contributed by atoms with E-state index in [2.05, 4.69) is 42.4 Å². The average Bonchev–Trinajstić information content (AvgIpc) is 3.53. The van der Waals surface area contributed by atoms with E-state index in [1.807, 2.05) is 7.05 Å². The quantitative estimate of drug-likeness (QED) is 0.375. The summed E-state index contributed by atoms with van der Waals surface area (Å²) in [4.78, 5) is 29.7. The summed E-state index contributed by atoms with van der Waals surface area (Å²) in [5, 5.41) is 8.15. The van der Waals surface area contributed by atoms with E-state index in [1.165, 1.54) is 18.2 Å². The number of amides is 1. The summed E-state index contributed by atoms with van der Waals surface area (Å²) < 4.78 is 15.9. The summed E-state index contributed by atoms with van der Waals surface area (Å²) in [5.74, 6) is -0.153. The van der Waals surface area contributed by atoms with E-state index in [9.17, 15) is 14.1 Å². The minimum Gasteiger partial charge on any atom is -0.329 e. The van der Waals surface area contributed by atoms with Gasteiger partial charge in [-0.1, -0.05) is 16.8 Å². The lowest BCUT2D eigenvalue weighted by atomic mass is 9.88. The molecule has 3 aliphatic rings. The molecule has 1 aromatic heterocycles. The van der Waals surface area contributed by atoms with E-state index in [4.69, 9.17) is 11.6 Å². The smallest absolute Gasteiger partial charge is 0.274 e. The molecule has 0 spiro atoms. The van der Waals surface area contributed by atoms with Crippen LogP contribution in [-0.4, -0.2) is 33.1 Å². The van der Waals surface area contributed by atoms with Gasteiger partial charge in [-0.25, -0.2) is 9.37 Å². The highest BCUT2D eigenvalue weighted by Gasteiger charge is 2.55. The summed E-state index contributed by atoms with van der Waals surface area (Å²) >= 11 is 9.35. The van der Waals surface area contributed by atoms with Crippen LogP contribution in [-0.2, 0) is 7.05 Å². The van der Waals surface area contributed by atoms with E-state index in [-0.39, 0.29) is 16.8 Å². The molecule has 2 fully saturated rings. The Kier molecular flexibility index (Phi) is 5.89. The Labute approximate surface area is 209 Å². The summed E-state index contributed by atoms with van der Waals surface area (Å²) in [6.07, 6.45) is 4.60. The lowest BCUT2D eigenvalue weighted by Crippen LogP contribution is -2.40. The van der Waals surface area contributed by atoms with E-state index < -0.39 is 11.4 Å². The minimum absolute atomic E-state index is 0.0565. The summed E-state index contributed by atoms with van der Waals surface area (Å²) in [5.41, 5.74) is 7.63. The molecule has 1 amide bonds. The zero-order valence-corrected chi connectivity index (χ0v) is 21.0. The number of likely N-dealkylation sites (N-methyl/N-ethyl adjacent to an activating group) is 1. The molecule has 3 N–H and O–H groups in total. The largest absolute Gasteiger partial charge is 0.329 e. The van der Waals surface area contributed by atoms with Crippen LogP contribution in [0.25, 0.3) is 0 Å². The average molecular weight is 553 g/mol. The second-order valence-electron chi connectivity index (χ2n) is 9.35. The lowest BCUT2D eigenvalue weighted by Gasteiger charge is -2.28. The zero-order valence-electron chi connectivity index (χ0n) is 18.6. The van der Waals surface area contributed by atoms with Crippen molar-refractivity contribution in [2.24, 2.45) is 24.1 Å². The van der Waals surface area contributed by atoms with E-state index in [1.54, 1.807) is 23.0 Å². The number of nitroso groups, excluding NO2 is 1. The maximum atomic E-state index is 13.5. The van der Waals surface area contributed by atoms with Crippen LogP contribution in [0, 0.1) is 22.6 Å². The highest BCUT2D eigenvalue weighted by Crippen LogP contribution is 2.57. The van der Waals surface area contributed by atoms with Gasteiger partial charge in [-0.05, 0) is 71.6 Å². The van der Waals surface area contributed by atoms with Crippen molar-refractivity contribution in [2.75, 3.05) is 12.4 Å². The number of hydrogen-bond acceptors (Lipinski definition) is 7. The second-order valence-corrected chi connectivity index (χ2v) is 10.6. The molecule has 2 saturated carbocycles. The first-order chi connectivity index (χ1) is 16.2. The number of fused-ring (bicyclic) bond motifs is 1. The molecule has 1 aromatic carbocycles. The van der Waals surface area contributed by atoms with Crippen LogP contribution in [0.4, 0.5) is 10.1 Å². The predicted molar refractivity (Wildman–Crippen MR) is 129 cm³/mol. The van der Waals surface area contributed by atoms with E-state index in [0.29, 0.717) is 36.1 Å². The lowest BCUT2D eigenvalue weighted by molar-refractivity contribution is 0.101. The van der Waals surface area contributed by atoms with Gasteiger partial charge in [-0.15, -0.1) is 10.4 Å². The maximum Gasteiger partial charge on any atom is 0.274 e. The molecular formula is C22H24BrClFN7O2. The standard InChI is InChI=1S/C22H24BrClFN7O2/c1-31-10-26-17(18(31)21(33)27-14-3-4-16(25)15(24)7-14)11-5-12-8-22(29-34,9-13(12)6-11)19-20(23)28-30-32(19)2/h3-4,7,10-13,28,30H,5-6,8-9H2,1-2H3,(H,27,33). The van der Waals surface area contributed by atoms with Crippen molar-refractivity contribution in [3.63, 3.8) is 0 Å². The molecule has 0 saturated heterocycles. The third-order valence-electron chi connectivity index (χ3n) is 7.28. The van der Waals surface area contributed by atoms with Gasteiger partial charge in [-0.2, -0.15) is 0 Å². The topological polar surface area (TPSA) is 104 Å². The Balaban J connectivity index is 1.34. The number of imidazole rings is 1. The fourth-order valence-corrected chi connectivity index (χ4v) is 6.80. The molecule has 2 aromatic rings. The van der Waals surface area contributed by atoms with Crippen molar-refractivity contribution in [3.05, 3.63) is 62.0 Å². The minimum atomic E-state index is -0.795. The normalized spacial score (nSPS) is 28.3. The zero-order chi connectivity index (χ0) is 24.2. The van der Waals surface area contributed by atoms with Gasteiger partial charge in [0.25, 0.3) is 5.91 Å². The number of halogens is 3. The number of rotatable bonds is 5. The second kappa shape index (κ2) is 8.62. The highest BCUT2D eigenvalue weighted by molar-refractivity contribution is 9.11.